The summed E-state index contributed by atoms with van der Waals surface area (Å²) in [5.41, 5.74) is 1.01. The van der Waals surface area contributed by atoms with Crippen molar-refractivity contribution in [2.45, 2.75) is 62.9 Å². The normalized spacial score (nSPS) is 34.7. The van der Waals surface area contributed by atoms with E-state index in [-0.39, 0.29) is 11.9 Å². The van der Waals surface area contributed by atoms with Crippen LogP contribution >= 0.6 is 11.6 Å². The van der Waals surface area contributed by atoms with E-state index in [1.54, 1.807) is 11.5 Å². The molecule has 10 heteroatoms. The summed E-state index contributed by atoms with van der Waals surface area (Å²) in [6.45, 7) is 1.76. The highest BCUT2D eigenvalue weighted by atomic mass is 35.5. The Morgan fingerprint density at radius 3 is 2.73 bits per heavy atom. The SMILES string of the molecule is Cc1nc(NC2CCCC2O)c2ncn([C@@H]3O[C@H](CCl)[C@@H](O)[C@H]3O)c2n1. The maximum absolute atomic E-state index is 10.3. The molecule has 1 aliphatic carbocycles. The molecule has 0 spiro atoms. The summed E-state index contributed by atoms with van der Waals surface area (Å²) in [5.74, 6) is 1.14. The van der Waals surface area contributed by atoms with Crippen LogP contribution in [0.25, 0.3) is 11.2 Å². The monoisotopic (exact) mass is 383 g/mol. The summed E-state index contributed by atoms with van der Waals surface area (Å²) in [6.07, 6.45) is -0.0431. The zero-order valence-corrected chi connectivity index (χ0v) is 15.0. The molecule has 1 saturated carbocycles. The Kier molecular flexibility index (Phi) is 4.74. The molecule has 9 nitrogen and oxygen atoms in total. The van der Waals surface area contributed by atoms with Crippen molar-refractivity contribution in [1.82, 2.24) is 19.5 Å². The van der Waals surface area contributed by atoms with Crippen LogP contribution in [-0.4, -0.2) is 71.2 Å². The van der Waals surface area contributed by atoms with Crippen molar-refractivity contribution >= 4 is 28.6 Å². The number of aromatic nitrogens is 4. The summed E-state index contributed by atoms with van der Waals surface area (Å²) in [6, 6.07) is -0.0755. The lowest BCUT2D eigenvalue weighted by Gasteiger charge is -2.19. The van der Waals surface area contributed by atoms with Gasteiger partial charge in [0.15, 0.2) is 23.2 Å². The topological polar surface area (TPSA) is 126 Å². The average Bonchev–Trinajstić information content (AvgIpc) is 3.28. The van der Waals surface area contributed by atoms with Crippen molar-refractivity contribution in [2.24, 2.45) is 0 Å². The molecule has 4 rings (SSSR count). The number of rotatable bonds is 4. The Morgan fingerprint density at radius 1 is 1.27 bits per heavy atom. The number of alkyl halides is 1. The Hall–Kier alpha value is -1.52. The first-order valence-corrected chi connectivity index (χ1v) is 9.26. The fourth-order valence-corrected chi connectivity index (χ4v) is 3.94. The predicted molar refractivity (Wildman–Crippen MR) is 94.0 cm³/mol. The number of aliphatic hydroxyl groups excluding tert-OH is 3. The Morgan fingerprint density at radius 2 is 2.08 bits per heavy atom. The molecule has 142 valence electrons. The number of imidazole rings is 1. The predicted octanol–water partition coefficient (Wildman–Crippen LogP) is 0.318. The van der Waals surface area contributed by atoms with Crippen molar-refractivity contribution in [1.29, 1.82) is 0 Å². The van der Waals surface area contributed by atoms with Crippen LogP contribution in [0.1, 0.15) is 31.3 Å². The van der Waals surface area contributed by atoms with Crippen LogP contribution in [0.3, 0.4) is 0 Å². The molecule has 4 N–H and O–H groups in total. The standard InChI is InChI=1S/C16H22ClN5O4/c1-7-19-14(21-8-3-2-4-9(8)23)11-15(20-7)22(6-18-11)16-13(25)12(24)10(5-17)26-16/h6,8-10,12-13,16,23-25H,2-5H2,1H3,(H,19,20,21)/t8?,9?,10-,12-,13-,16-/m1/s1. The van der Waals surface area contributed by atoms with Gasteiger partial charge in [-0.1, -0.05) is 0 Å². The van der Waals surface area contributed by atoms with Crippen LogP contribution in [0.2, 0.25) is 0 Å². The van der Waals surface area contributed by atoms with Gasteiger partial charge in [-0.2, -0.15) is 0 Å². The molecule has 2 fully saturated rings. The van der Waals surface area contributed by atoms with E-state index in [0.29, 0.717) is 22.8 Å². The van der Waals surface area contributed by atoms with E-state index in [4.69, 9.17) is 16.3 Å². The minimum absolute atomic E-state index is 0.0712. The zero-order chi connectivity index (χ0) is 18.4. The van der Waals surface area contributed by atoms with Gasteiger partial charge in [0.2, 0.25) is 0 Å². The van der Waals surface area contributed by atoms with Crippen LogP contribution in [0.5, 0.6) is 0 Å². The lowest BCUT2D eigenvalue weighted by molar-refractivity contribution is -0.0291. The van der Waals surface area contributed by atoms with Crippen LogP contribution < -0.4 is 5.32 Å². The van der Waals surface area contributed by atoms with Crippen molar-refractivity contribution in [3.05, 3.63) is 12.2 Å². The molecule has 2 aromatic rings. The maximum atomic E-state index is 10.3. The zero-order valence-electron chi connectivity index (χ0n) is 14.3. The number of halogens is 1. The van der Waals surface area contributed by atoms with E-state index in [2.05, 4.69) is 20.3 Å². The van der Waals surface area contributed by atoms with E-state index in [1.165, 1.54) is 6.33 Å². The molecule has 0 aromatic carbocycles. The molecule has 2 unspecified atom stereocenters. The van der Waals surface area contributed by atoms with Crippen molar-refractivity contribution < 1.29 is 20.1 Å². The van der Waals surface area contributed by atoms with Gasteiger partial charge >= 0.3 is 0 Å². The second-order valence-corrected chi connectivity index (χ2v) is 7.20. The van der Waals surface area contributed by atoms with Crippen molar-refractivity contribution in [3.63, 3.8) is 0 Å². The Bertz CT molecular complexity index is 802. The van der Waals surface area contributed by atoms with Gasteiger partial charge in [0, 0.05) is 0 Å². The van der Waals surface area contributed by atoms with E-state index in [9.17, 15) is 15.3 Å². The van der Waals surface area contributed by atoms with Gasteiger partial charge in [-0.25, -0.2) is 15.0 Å². The minimum atomic E-state index is -1.14. The first-order valence-electron chi connectivity index (χ1n) is 8.73. The Labute approximate surface area is 155 Å². The number of aryl methyl sites for hydroxylation is 1. The molecule has 1 saturated heterocycles. The number of anilines is 1. The maximum Gasteiger partial charge on any atom is 0.167 e. The molecular formula is C16H22ClN5O4. The summed E-state index contributed by atoms with van der Waals surface area (Å²) < 4.78 is 7.27. The fraction of sp³-hybridized carbons (Fsp3) is 0.688. The first kappa shape index (κ1) is 17.9. The van der Waals surface area contributed by atoms with Crippen LogP contribution in [-0.2, 0) is 4.74 Å². The van der Waals surface area contributed by atoms with Crippen molar-refractivity contribution in [2.75, 3.05) is 11.2 Å². The molecule has 2 aliphatic rings. The third-order valence-corrected chi connectivity index (χ3v) is 5.40. The molecule has 2 aromatic heterocycles. The van der Waals surface area contributed by atoms with Crippen LogP contribution in [0, 0.1) is 6.92 Å². The molecule has 6 atom stereocenters. The second kappa shape index (κ2) is 6.90. The van der Waals surface area contributed by atoms with Gasteiger partial charge in [-0.15, -0.1) is 11.6 Å². The summed E-state index contributed by atoms with van der Waals surface area (Å²) in [7, 11) is 0. The van der Waals surface area contributed by atoms with E-state index < -0.39 is 30.6 Å². The number of nitrogens with one attached hydrogen (secondary N) is 1. The fourth-order valence-electron chi connectivity index (χ4n) is 3.68. The lowest BCUT2D eigenvalue weighted by Crippen LogP contribution is -2.32. The Balaban J connectivity index is 1.70. The van der Waals surface area contributed by atoms with E-state index in [1.807, 2.05) is 0 Å². The quantitative estimate of drug-likeness (QED) is 0.556. The number of nitrogens with zero attached hydrogens (tertiary/aromatic N) is 4. The summed E-state index contributed by atoms with van der Waals surface area (Å²) in [5, 5.41) is 33.7. The second-order valence-electron chi connectivity index (χ2n) is 6.89. The highest BCUT2D eigenvalue weighted by molar-refractivity contribution is 6.18. The largest absolute Gasteiger partial charge is 0.391 e. The number of ether oxygens (including phenoxy) is 1. The first-order chi connectivity index (χ1) is 12.5. The molecule has 0 radical (unpaired) electrons. The number of aliphatic hydroxyl groups is 3. The molecule has 0 bridgehead atoms. The van der Waals surface area contributed by atoms with E-state index >= 15 is 0 Å². The third kappa shape index (κ3) is 2.93. The average molecular weight is 384 g/mol. The highest BCUT2D eigenvalue weighted by Crippen LogP contribution is 2.33. The van der Waals surface area contributed by atoms with Crippen molar-refractivity contribution in [3.8, 4) is 0 Å². The van der Waals surface area contributed by atoms with Crippen LogP contribution in [0.4, 0.5) is 5.82 Å². The van der Waals surface area contributed by atoms with Gasteiger partial charge in [0.25, 0.3) is 0 Å². The molecular weight excluding hydrogens is 362 g/mol. The van der Waals surface area contributed by atoms with Gasteiger partial charge in [-0.05, 0) is 26.2 Å². The van der Waals surface area contributed by atoms with Gasteiger partial charge in [0.05, 0.1) is 24.4 Å². The third-order valence-electron chi connectivity index (χ3n) is 5.10. The van der Waals surface area contributed by atoms with Crippen LogP contribution in [0.15, 0.2) is 6.33 Å². The molecule has 26 heavy (non-hydrogen) atoms. The number of fused-ring (bicyclic) bond motifs is 1. The molecule has 0 amide bonds. The minimum Gasteiger partial charge on any atom is -0.391 e. The number of hydrogen-bond acceptors (Lipinski definition) is 8. The lowest BCUT2D eigenvalue weighted by atomic mass is 10.1. The molecule has 3 heterocycles. The van der Waals surface area contributed by atoms with Gasteiger partial charge < -0.3 is 25.4 Å². The highest BCUT2D eigenvalue weighted by Gasteiger charge is 2.44. The number of hydrogen-bond donors (Lipinski definition) is 4. The van der Waals surface area contributed by atoms with Gasteiger partial charge in [-0.3, -0.25) is 4.57 Å². The van der Waals surface area contributed by atoms with Gasteiger partial charge in [0.1, 0.15) is 24.1 Å². The summed E-state index contributed by atoms with van der Waals surface area (Å²) >= 11 is 5.79. The molecule has 1 aliphatic heterocycles. The van der Waals surface area contributed by atoms with E-state index in [0.717, 1.165) is 19.3 Å². The smallest absolute Gasteiger partial charge is 0.167 e. The summed E-state index contributed by atoms with van der Waals surface area (Å²) in [4.78, 5) is 13.2.